The van der Waals surface area contributed by atoms with Crippen LogP contribution in [0.2, 0.25) is 0 Å². The number of benzene rings is 2. The van der Waals surface area contributed by atoms with Crippen molar-refractivity contribution < 1.29 is 9.72 Å². The van der Waals surface area contributed by atoms with Crippen molar-refractivity contribution in [1.29, 1.82) is 0 Å². The number of carbonyl (C=O) groups is 1. The van der Waals surface area contributed by atoms with Crippen molar-refractivity contribution in [3.63, 3.8) is 0 Å². The van der Waals surface area contributed by atoms with Crippen LogP contribution in [-0.2, 0) is 23.2 Å². The first-order chi connectivity index (χ1) is 18.9. The van der Waals surface area contributed by atoms with E-state index in [0.29, 0.717) is 19.5 Å². The molecule has 1 saturated carbocycles. The predicted octanol–water partition coefficient (Wildman–Crippen LogP) is 5.58. The van der Waals surface area contributed by atoms with Gasteiger partial charge in [-0.3, -0.25) is 25.2 Å². The second-order valence-electron chi connectivity index (χ2n) is 10.9. The summed E-state index contributed by atoms with van der Waals surface area (Å²) in [6, 6.07) is 20.6. The number of aromatic nitrogens is 2. The highest BCUT2D eigenvalue weighted by Gasteiger charge is 2.39. The second-order valence-corrected chi connectivity index (χ2v) is 10.9. The zero-order valence-electron chi connectivity index (χ0n) is 22.3. The molecule has 1 atom stereocenters. The fourth-order valence-electron chi connectivity index (χ4n) is 5.79. The third-order valence-electron chi connectivity index (χ3n) is 8.16. The van der Waals surface area contributed by atoms with Gasteiger partial charge in [-0.15, -0.1) is 0 Å². The van der Waals surface area contributed by atoms with E-state index < -0.39 is 10.5 Å². The van der Waals surface area contributed by atoms with Crippen LogP contribution in [0.5, 0.6) is 0 Å². The SMILES string of the molecule is CC(Cc1c[nH]c2ccccc12)(NCc1ccc([N+](=O)[O-])cc1)C(=O)NCC1(c2ccccn2)CCCCC1. The summed E-state index contributed by atoms with van der Waals surface area (Å²) in [7, 11) is 0. The van der Waals surface area contributed by atoms with Crippen molar-refractivity contribution in [3.05, 3.63) is 106 Å². The van der Waals surface area contributed by atoms with E-state index in [4.69, 9.17) is 0 Å². The van der Waals surface area contributed by atoms with Crippen LogP contribution in [0, 0.1) is 10.1 Å². The summed E-state index contributed by atoms with van der Waals surface area (Å²) in [4.78, 5) is 32.7. The van der Waals surface area contributed by atoms with Crippen LogP contribution in [0.15, 0.2) is 79.1 Å². The zero-order valence-corrected chi connectivity index (χ0v) is 22.3. The molecule has 202 valence electrons. The number of hydrogen-bond acceptors (Lipinski definition) is 5. The Labute approximate surface area is 228 Å². The standard InChI is InChI=1S/C31H35N5O3/c1-30(19-24-21-33-27-10-4-3-9-26(24)27,35-20-23-12-14-25(15-13-23)36(38)39)29(37)34-22-31(16-6-2-7-17-31)28-11-5-8-18-32-28/h3-5,8-15,18,21,33,35H,2,6-7,16-17,19-20,22H2,1H3,(H,34,37). The first-order valence-corrected chi connectivity index (χ1v) is 13.6. The molecule has 2 heterocycles. The molecular formula is C31H35N5O3. The summed E-state index contributed by atoms with van der Waals surface area (Å²) in [6.45, 7) is 2.87. The van der Waals surface area contributed by atoms with E-state index in [1.807, 2.05) is 49.6 Å². The Morgan fingerprint density at radius 2 is 1.79 bits per heavy atom. The molecule has 1 aliphatic carbocycles. The van der Waals surface area contributed by atoms with E-state index in [9.17, 15) is 14.9 Å². The van der Waals surface area contributed by atoms with Crippen molar-refractivity contribution in [2.45, 2.75) is 62.9 Å². The van der Waals surface area contributed by atoms with Crippen molar-refractivity contribution in [3.8, 4) is 0 Å². The summed E-state index contributed by atoms with van der Waals surface area (Å²) >= 11 is 0. The molecule has 2 aromatic carbocycles. The Morgan fingerprint density at radius 1 is 1.05 bits per heavy atom. The minimum atomic E-state index is -0.924. The summed E-state index contributed by atoms with van der Waals surface area (Å²) in [6.07, 6.45) is 9.74. The highest BCUT2D eigenvalue weighted by Crippen LogP contribution is 2.38. The van der Waals surface area contributed by atoms with Gasteiger partial charge in [0, 0.05) is 66.0 Å². The summed E-state index contributed by atoms with van der Waals surface area (Å²) in [5.74, 6) is -0.0735. The maximum absolute atomic E-state index is 14.0. The third-order valence-corrected chi connectivity index (χ3v) is 8.16. The number of aromatic amines is 1. The molecule has 0 radical (unpaired) electrons. The quantitative estimate of drug-likeness (QED) is 0.185. The smallest absolute Gasteiger partial charge is 0.269 e. The van der Waals surface area contributed by atoms with E-state index in [1.165, 1.54) is 18.6 Å². The van der Waals surface area contributed by atoms with E-state index in [-0.39, 0.29) is 17.0 Å². The number of nitro groups is 1. The number of hydrogen-bond donors (Lipinski definition) is 3. The van der Waals surface area contributed by atoms with E-state index >= 15 is 0 Å². The molecule has 1 aliphatic rings. The van der Waals surface area contributed by atoms with Gasteiger partial charge < -0.3 is 10.3 Å². The van der Waals surface area contributed by atoms with E-state index in [0.717, 1.165) is 53.4 Å². The van der Waals surface area contributed by atoms with E-state index in [2.05, 4.69) is 32.7 Å². The lowest BCUT2D eigenvalue weighted by Gasteiger charge is -2.38. The molecule has 8 nitrogen and oxygen atoms in total. The van der Waals surface area contributed by atoms with Crippen LogP contribution in [0.25, 0.3) is 10.9 Å². The molecule has 1 fully saturated rings. The summed E-state index contributed by atoms with van der Waals surface area (Å²) < 4.78 is 0. The number of H-pyrrole nitrogens is 1. The predicted molar refractivity (Wildman–Crippen MR) is 152 cm³/mol. The highest BCUT2D eigenvalue weighted by atomic mass is 16.6. The van der Waals surface area contributed by atoms with Crippen molar-refractivity contribution in [1.82, 2.24) is 20.6 Å². The molecule has 2 aromatic heterocycles. The minimum absolute atomic E-state index is 0.0466. The number of nitrogens with zero attached hydrogens (tertiary/aromatic N) is 2. The molecule has 0 saturated heterocycles. The van der Waals surface area contributed by atoms with Gasteiger partial charge in [0.05, 0.1) is 10.5 Å². The average molecular weight is 526 g/mol. The Kier molecular flexibility index (Phi) is 7.74. The van der Waals surface area contributed by atoms with Gasteiger partial charge in [0.2, 0.25) is 5.91 Å². The molecule has 0 spiro atoms. The van der Waals surface area contributed by atoms with Gasteiger partial charge in [-0.25, -0.2) is 0 Å². The summed E-state index contributed by atoms with van der Waals surface area (Å²) in [5.41, 5.74) is 2.95. The average Bonchev–Trinajstić information content (AvgIpc) is 3.38. The lowest BCUT2D eigenvalue weighted by atomic mass is 9.71. The molecule has 5 rings (SSSR count). The van der Waals surface area contributed by atoms with E-state index in [1.54, 1.807) is 12.1 Å². The molecule has 8 heteroatoms. The van der Waals surface area contributed by atoms with Gasteiger partial charge in [-0.2, -0.15) is 0 Å². The number of pyridine rings is 1. The maximum atomic E-state index is 14.0. The Bertz CT molecular complexity index is 1430. The number of non-ortho nitro benzene ring substituents is 1. The van der Waals surface area contributed by atoms with Gasteiger partial charge in [0.1, 0.15) is 0 Å². The van der Waals surface area contributed by atoms with Crippen LogP contribution in [0.3, 0.4) is 0 Å². The maximum Gasteiger partial charge on any atom is 0.269 e. The van der Waals surface area contributed by atoms with Crippen molar-refractivity contribution >= 4 is 22.5 Å². The molecular weight excluding hydrogens is 490 g/mol. The van der Waals surface area contributed by atoms with Crippen LogP contribution < -0.4 is 10.6 Å². The van der Waals surface area contributed by atoms with Gasteiger partial charge >= 0.3 is 0 Å². The number of rotatable bonds is 10. The normalized spacial score (nSPS) is 16.4. The van der Waals surface area contributed by atoms with Gasteiger partial charge in [0.15, 0.2) is 0 Å². The molecule has 4 aromatic rings. The highest BCUT2D eigenvalue weighted by molar-refractivity contribution is 5.89. The van der Waals surface area contributed by atoms with Gasteiger partial charge in [-0.1, -0.05) is 55.7 Å². The number of nitrogens with one attached hydrogen (secondary N) is 3. The largest absolute Gasteiger partial charge is 0.361 e. The number of nitro benzene ring substituents is 1. The molecule has 1 unspecified atom stereocenters. The minimum Gasteiger partial charge on any atom is -0.361 e. The molecule has 0 aliphatic heterocycles. The fourth-order valence-corrected chi connectivity index (χ4v) is 5.79. The number of para-hydroxylation sites is 1. The molecule has 3 N–H and O–H groups in total. The monoisotopic (exact) mass is 525 g/mol. The Morgan fingerprint density at radius 3 is 2.51 bits per heavy atom. The number of carbonyl (C=O) groups excluding carboxylic acids is 1. The lowest BCUT2D eigenvalue weighted by molar-refractivity contribution is -0.384. The third kappa shape index (κ3) is 5.86. The first-order valence-electron chi connectivity index (χ1n) is 13.6. The van der Waals surface area contributed by atoms with Gasteiger partial charge in [-0.05, 0) is 49.1 Å². The molecule has 1 amide bonds. The van der Waals surface area contributed by atoms with Crippen molar-refractivity contribution in [2.75, 3.05) is 6.54 Å². The Hall–Kier alpha value is -4.04. The summed E-state index contributed by atoms with van der Waals surface area (Å²) in [5, 5.41) is 19.0. The topological polar surface area (TPSA) is 113 Å². The Balaban J connectivity index is 1.39. The second kappa shape index (κ2) is 11.4. The van der Waals surface area contributed by atoms with Crippen LogP contribution in [-0.4, -0.2) is 32.9 Å². The number of fused-ring (bicyclic) bond motifs is 1. The van der Waals surface area contributed by atoms with Crippen LogP contribution in [0.1, 0.15) is 55.8 Å². The first kappa shape index (κ1) is 26.6. The van der Waals surface area contributed by atoms with Crippen molar-refractivity contribution in [2.24, 2.45) is 0 Å². The number of amides is 1. The van der Waals surface area contributed by atoms with Gasteiger partial charge in [0.25, 0.3) is 5.69 Å². The molecule has 39 heavy (non-hydrogen) atoms. The van der Waals surface area contributed by atoms with Crippen LogP contribution in [0.4, 0.5) is 5.69 Å². The zero-order chi connectivity index (χ0) is 27.3. The fraction of sp³-hybridized carbons (Fsp3) is 0.355. The van der Waals surface area contributed by atoms with Crippen LogP contribution >= 0.6 is 0 Å². The lowest BCUT2D eigenvalue weighted by Crippen LogP contribution is -2.58. The molecule has 0 bridgehead atoms.